The first-order valence-electron chi connectivity index (χ1n) is 6.49. The van der Waals surface area contributed by atoms with Crippen LogP contribution in [0.4, 0.5) is 0 Å². The number of rotatable bonds is 6. The van der Waals surface area contributed by atoms with Crippen LogP contribution in [0.25, 0.3) is 11.0 Å². The van der Waals surface area contributed by atoms with Crippen molar-refractivity contribution in [2.45, 2.75) is 33.2 Å². The van der Waals surface area contributed by atoms with Gasteiger partial charge in [-0.3, -0.25) is 4.79 Å². The Morgan fingerprint density at radius 2 is 2.21 bits per heavy atom. The first-order chi connectivity index (χ1) is 9.15. The van der Waals surface area contributed by atoms with Crippen LogP contribution in [-0.2, 0) is 17.8 Å². The normalized spacial score (nSPS) is 10.8. The van der Waals surface area contributed by atoms with Gasteiger partial charge in [0.1, 0.15) is 11.6 Å². The second-order valence-electron chi connectivity index (χ2n) is 4.25. The predicted octanol–water partition coefficient (Wildman–Crippen LogP) is 2.47. The molecule has 5 nitrogen and oxygen atoms in total. The number of hydrogen-bond donors (Lipinski definition) is 1. The highest BCUT2D eigenvalue weighted by Gasteiger charge is 2.11. The van der Waals surface area contributed by atoms with Crippen LogP contribution >= 0.6 is 0 Å². The van der Waals surface area contributed by atoms with Crippen LogP contribution in [-0.4, -0.2) is 27.2 Å². The van der Waals surface area contributed by atoms with Crippen LogP contribution in [0.5, 0.6) is 5.75 Å². The van der Waals surface area contributed by atoms with Crippen molar-refractivity contribution < 1.29 is 14.6 Å². The number of hydrogen-bond acceptors (Lipinski definition) is 3. The fourth-order valence-corrected chi connectivity index (χ4v) is 2.18. The second kappa shape index (κ2) is 5.73. The lowest BCUT2D eigenvalue weighted by atomic mass is 10.3. The molecule has 0 amide bonds. The molecule has 0 aliphatic rings. The minimum Gasteiger partial charge on any atom is -0.494 e. The van der Waals surface area contributed by atoms with Crippen LogP contribution < -0.4 is 4.74 Å². The average Bonchev–Trinajstić information content (AvgIpc) is 2.73. The third kappa shape index (κ3) is 2.86. The minimum atomic E-state index is -0.801. The molecule has 19 heavy (non-hydrogen) atoms. The van der Waals surface area contributed by atoms with Crippen LogP contribution in [0, 0.1) is 0 Å². The van der Waals surface area contributed by atoms with Crippen molar-refractivity contribution >= 4 is 17.0 Å². The van der Waals surface area contributed by atoms with Gasteiger partial charge in [-0.2, -0.15) is 0 Å². The maximum Gasteiger partial charge on any atom is 0.303 e. The molecule has 0 atom stereocenters. The molecule has 0 aliphatic heterocycles. The quantitative estimate of drug-likeness (QED) is 0.868. The highest BCUT2D eigenvalue weighted by molar-refractivity contribution is 5.78. The SMILES string of the molecule is CCOc1ccc2c(c1)nc(CCC(=O)O)n2CC. The summed E-state index contributed by atoms with van der Waals surface area (Å²) in [5, 5.41) is 8.77. The smallest absolute Gasteiger partial charge is 0.303 e. The molecule has 1 aromatic heterocycles. The molecule has 1 heterocycles. The van der Waals surface area contributed by atoms with Crippen molar-refractivity contribution in [2.24, 2.45) is 0 Å². The average molecular weight is 262 g/mol. The maximum atomic E-state index is 10.7. The monoisotopic (exact) mass is 262 g/mol. The summed E-state index contributed by atoms with van der Waals surface area (Å²) in [7, 11) is 0. The summed E-state index contributed by atoms with van der Waals surface area (Å²) in [6.07, 6.45) is 0.545. The zero-order valence-corrected chi connectivity index (χ0v) is 11.2. The van der Waals surface area contributed by atoms with Crippen LogP contribution in [0.2, 0.25) is 0 Å². The van der Waals surface area contributed by atoms with Gasteiger partial charge in [-0.05, 0) is 26.0 Å². The number of aryl methyl sites for hydroxylation is 2. The molecule has 0 spiro atoms. The summed E-state index contributed by atoms with van der Waals surface area (Å²) in [4.78, 5) is 15.2. The van der Waals surface area contributed by atoms with E-state index in [4.69, 9.17) is 9.84 Å². The van der Waals surface area contributed by atoms with Gasteiger partial charge < -0.3 is 14.4 Å². The number of imidazole rings is 1. The van der Waals surface area contributed by atoms with E-state index in [1.165, 1.54) is 0 Å². The molecule has 102 valence electrons. The Morgan fingerprint density at radius 1 is 1.42 bits per heavy atom. The molecular weight excluding hydrogens is 244 g/mol. The Balaban J connectivity index is 2.38. The number of benzene rings is 1. The molecule has 2 rings (SSSR count). The summed E-state index contributed by atoms with van der Waals surface area (Å²) in [5.41, 5.74) is 1.87. The van der Waals surface area contributed by atoms with E-state index in [0.29, 0.717) is 13.0 Å². The van der Waals surface area contributed by atoms with E-state index >= 15 is 0 Å². The first kappa shape index (κ1) is 13.4. The molecule has 0 aliphatic carbocycles. The van der Waals surface area contributed by atoms with Gasteiger partial charge in [0.2, 0.25) is 0 Å². The van der Waals surface area contributed by atoms with Crippen molar-refractivity contribution in [1.29, 1.82) is 0 Å². The number of carbonyl (C=O) groups is 1. The largest absolute Gasteiger partial charge is 0.494 e. The van der Waals surface area contributed by atoms with Crippen LogP contribution in [0.1, 0.15) is 26.1 Å². The summed E-state index contributed by atoms with van der Waals surface area (Å²) in [6, 6.07) is 5.79. The predicted molar refractivity (Wildman–Crippen MR) is 72.5 cm³/mol. The van der Waals surface area contributed by atoms with E-state index in [0.717, 1.165) is 29.2 Å². The lowest BCUT2D eigenvalue weighted by molar-refractivity contribution is -0.137. The molecule has 1 N–H and O–H groups in total. The molecule has 0 saturated carbocycles. The fraction of sp³-hybridized carbons (Fsp3) is 0.429. The zero-order valence-electron chi connectivity index (χ0n) is 11.2. The molecule has 5 heteroatoms. The summed E-state index contributed by atoms with van der Waals surface area (Å²) in [6.45, 7) is 5.36. The number of aromatic nitrogens is 2. The summed E-state index contributed by atoms with van der Waals surface area (Å²) in [5.74, 6) is 0.804. The van der Waals surface area contributed by atoms with E-state index in [1.807, 2.05) is 36.6 Å². The van der Waals surface area contributed by atoms with Gasteiger partial charge in [0, 0.05) is 19.0 Å². The highest BCUT2D eigenvalue weighted by Crippen LogP contribution is 2.22. The van der Waals surface area contributed by atoms with Crippen molar-refractivity contribution in [3.8, 4) is 5.75 Å². The Labute approximate surface area is 111 Å². The number of aliphatic carboxylic acids is 1. The Bertz CT molecular complexity index is 590. The van der Waals surface area contributed by atoms with Gasteiger partial charge in [0.15, 0.2) is 0 Å². The number of nitrogens with zero attached hydrogens (tertiary/aromatic N) is 2. The van der Waals surface area contributed by atoms with Crippen molar-refractivity contribution in [3.05, 3.63) is 24.0 Å². The van der Waals surface area contributed by atoms with Gasteiger partial charge in [0.25, 0.3) is 0 Å². The third-order valence-electron chi connectivity index (χ3n) is 2.99. The molecule has 1 aromatic carbocycles. The maximum absolute atomic E-state index is 10.7. The second-order valence-corrected chi connectivity index (χ2v) is 4.25. The summed E-state index contributed by atoms with van der Waals surface area (Å²) < 4.78 is 7.50. The van der Waals surface area contributed by atoms with Gasteiger partial charge in [0.05, 0.1) is 24.1 Å². The van der Waals surface area contributed by atoms with Gasteiger partial charge in [-0.25, -0.2) is 4.98 Å². The van der Waals surface area contributed by atoms with E-state index in [1.54, 1.807) is 0 Å². The summed E-state index contributed by atoms with van der Waals surface area (Å²) >= 11 is 0. The molecule has 0 radical (unpaired) electrons. The molecule has 2 aromatic rings. The van der Waals surface area contributed by atoms with E-state index in [9.17, 15) is 4.79 Å². The number of carboxylic acid groups (broad SMARTS) is 1. The first-order valence-corrected chi connectivity index (χ1v) is 6.49. The Kier molecular flexibility index (Phi) is 4.04. The Hall–Kier alpha value is -2.04. The Morgan fingerprint density at radius 3 is 2.84 bits per heavy atom. The third-order valence-corrected chi connectivity index (χ3v) is 2.99. The van der Waals surface area contributed by atoms with Crippen LogP contribution in [0.3, 0.4) is 0 Å². The highest BCUT2D eigenvalue weighted by atomic mass is 16.5. The standard InChI is InChI=1S/C14H18N2O3/c1-3-16-12-6-5-10(19-4-2)9-11(12)15-13(16)7-8-14(17)18/h5-6,9H,3-4,7-8H2,1-2H3,(H,17,18). The van der Waals surface area contributed by atoms with Gasteiger partial charge in [-0.1, -0.05) is 0 Å². The van der Waals surface area contributed by atoms with E-state index in [2.05, 4.69) is 4.98 Å². The van der Waals surface area contributed by atoms with Crippen molar-refractivity contribution in [2.75, 3.05) is 6.61 Å². The molecular formula is C14H18N2O3. The molecule has 0 unspecified atom stereocenters. The van der Waals surface area contributed by atoms with E-state index < -0.39 is 5.97 Å². The fourth-order valence-electron chi connectivity index (χ4n) is 2.18. The van der Waals surface area contributed by atoms with E-state index in [-0.39, 0.29) is 6.42 Å². The number of carboxylic acids is 1. The number of fused-ring (bicyclic) bond motifs is 1. The van der Waals surface area contributed by atoms with Crippen molar-refractivity contribution in [1.82, 2.24) is 9.55 Å². The molecule has 0 bridgehead atoms. The van der Waals surface area contributed by atoms with Gasteiger partial charge >= 0.3 is 5.97 Å². The van der Waals surface area contributed by atoms with Gasteiger partial charge in [-0.15, -0.1) is 0 Å². The lowest BCUT2D eigenvalue weighted by Crippen LogP contribution is -2.05. The lowest BCUT2D eigenvalue weighted by Gasteiger charge is -2.05. The minimum absolute atomic E-state index is 0.0988. The number of ether oxygens (including phenoxy) is 1. The van der Waals surface area contributed by atoms with Crippen molar-refractivity contribution in [3.63, 3.8) is 0 Å². The zero-order chi connectivity index (χ0) is 13.8. The molecule has 0 saturated heterocycles. The molecule has 0 fully saturated rings. The topological polar surface area (TPSA) is 64.3 Å². The van der Waals surface area contributed by atoms with Crippen LogP contribution in [0.15, 0.2) is 18.2 Å².